The normalized spacial score (nSPS) is 11.9. The van der Waals surface area contributed by atoms with Crippen molar-refractivity contribution in [1.29, 1.82) is 0 Å². The molecule has 0 saturated carbocycles. The number of carboxylic acids is 1. The second-order valence-corrected chi connectivity index (χ2v) is 5.24. The lowest BCUT2D eigenvalue weighted by Gasteiger charge is -2.13. The minimum absolute atomic E-state index is 0.0545. The Kier molecular flexibility index (Phi) is 5.34. The fourth-order valence-corrected chi connectivity index (χ4v) is 2.19. The van der Waals surface area contributed by atoms with Crippen LogP contribution in [0.1, 0.15) is 35.7 Å². The molecule has 2 N–H and O–H groups in total. The van der Waals surface area contributed by atoms with E-state index in [0.29, 0.717) is 12.0 Å². The molecule has 18 heavy (non-hydrogen) atoms. The minimum Gasteiger partial charge on any atom is -0.481 e. The molecule has 0 saturated heterocycles. The second-order valence-electron chi connectivity index (χ2n) is 4.32. The van der Waals surface area contributed by atoms with Gasteiger partial charge in [0.25, 0.3) is 5.91 Å². The molecular formula is C13H16BrNO3. The van der Waals surface area contributed by atoms with Crippen LogP contribution in [0.2, 0.25) is 0 Å². The van der Waals surface area contributed by atoms with Crippen molar-refractivity contribution in [2.45, 2.75) is 32.7 Å². The summed E-state index contributed by atoms with van der Waals surface area (Å²) in [5.41, 5.74) is 1.57. The fourth-order valence-electron chi connectivity index (χ4n) is 1.59. The van der Waals surface area contributed by atoms with E-state index in [4.69, 9.17) is 5.11 Å². The van der Waals surface area contributed by atoms with E-state index in [-0.39, 0.29) is 18.4 Å². The van der Waals surface area contributed by atoms with Gasteiger partial charge in [-0.1, -0.05) is 15.9 Å². The van der Waals surface area contributed by atoms with Crippen molar-refractivity contribution in [1.82, 2.24) is 5.32 Å². The largest absolute Gasteiger partial charge is 0.481 e. The Morgan fingerprint density at radius 2 is 2.06 bits per heavy atom. The predicted molar refractivity (Wildman–Crippen MR) is 72.7 cm³/mol. The molecule has 0 radical (unpaired) electrons. The Morgan fingerprint density at radius 1 is 1.39 bits per heavy atom. The van der Waals surface area contributed by atoms with Crippen LogP contribution in [-0.4, -0.2) is 23.0 Å². The van der Waals surface area contributed by atoms with Crippen LogP contribution in [0.5, 0.6) is 0 Å². The maximum Gasteiger partial charge on any atom is 0.303 e. The SMILES string of the molecule is Cc1cc(Br)cc(C(=O)NC(C)CCC(=O)O)c1. The van der Waals surface area contributed by atoms with Gasteiger partial charge >= 0.3 is 5.97 Å². The molecule has 0 fully saturated rings. The average molecular weight is 314 g/mol. The number of hydrogen-bond acceptors (Lipinski definition) is 2. The number of hydrogen-bond donors (Lipinski definition) is 2. The first kappa shape index (κ1) is 14.7. The highest BCUT2D eigenvalue weighted by molar-refractivity contribution is 9.10. The molecule has 1 rings (SSSR count). The molecule has 1 aromatic carbocycles. The number of carboxylic acid groups (broad SMARTS) is 1. The van der Waals surface area contributed by atoms with Crippen LogP contribution >= 0.6 is 15.9 Å². The fraction of sp³-hybridized carbons (Fsp3) is 0.385. The number of benzene rings is 1. The van der Waals surface area contributed by atoms with Crippen molar-refractivity contribution in [3.8, 4) is 0 Å². The van der Waals surface area contributed by atoms with Crippen LogP contribution in [-0.2, 0) is 4.79 Å². The molecule has 0 aliphatic heterocycles. The average Bonchev–Trinajstić information content (AvgIpc) is 2.25. The first-order valence-electron chi connectivity index (χ1n) is 5.68. The zero-order valence-electron chi connectivity index (χ0n) is 10.4. The number of halogens is 1. The summed E-state index contributed by atoms with van der Waals surface area (Å²) >= 11 is 3.34. The molecule has 4 nitrogen and oxygen atoms in total. The Labute approximate surface area is 115 Å². The van der Waals surface area contributed by atoms with Gasteiger partial charge in [-0.2, -0.15) is 0 Å². The first-order chi connectivity index (χ1) is 8.38. The van der Waals surface area contributed by atoms with Crippen molar-refractivity contribution in [3.05, 3.63) is 33.8 Å². The molecule has 1 atom stereocenters. The molecule has 98 valence electrons. The van der Waals surface area contributed by atoms with Crippen LogP contribution in [0.25, 0.3) is 0 Å². The highest BCUT2D eigenvalue weighted by Gasteiger charge is 2.11. The lowest BCUT2D eigenvalue weighted by atomic mass is 10.1. The Morgan fingerprint density at radius 3 is 2.61 bits per heavy atom. The molecular weight excluding hydrogens is 298 g/mol. The van der Waals surface area contributed by atoms with Gasteiger partial charge in [0.05, 0.1) is 0 Å². The van der Waals surface area contributed by atoms with E-state index < -0.39 is 5.97 Å². The van der Waals surface area contributed by atoms with Gasteiger partial charge in [-0.3, -0.25) is 9.59 Å². The van der Waals surface area contributed by atoms with Crippen molar-refractivity contribution >= 4 is 27.8 Å². The van der Waals surface area contributed by atoms with Crippen molar-refractivity contribution in [3.63, 3.8) is 0 Å². The van der Waals surface area contributed by atoms with E-state index in [1.807, 2.05) is 13.0 Å². The second kappa shape index (κ2) is 6.54. The molecule has 0 spiro atoms. The number of carbonyl (C=O) groups is 2. The summed E-state index contributed by atoms with van der Waals surface area (Å²) in [7, 11) is 0. The number of aliphatic carboxylic acids is 1. The third-order valence-electron chi connectivity index (χ3n) is 2.47. The van der Waals surface area contributed by atoms with Crippen LogP contribution in [0.4, 0.5) is 0 Å². The lowest BCUT2D eigenvalue weighted by molar-refractivity contribution is -0.137. The molecule has 5 heteroatoms. The van der Waals surface area contributed by atoms with Gasteiger partial charge in [0.15, 0.2) is 0 Å². The summed E-state index contributed by atoms with van der Waals surface area (Å²) in [6.45, 7) is 3.71. The zero-order valence-corrected chi connectivity index (χ0v) is 12.0. The molecule has 0 aliphatic carbocycles. The van der Waals surface area contributed by atoms with Gasteiger partial charge in [-0.15, -0.1) is 0 Å². The molecule has 0 bridgehead atoms. The molecule has 0 aromatic heterocycles. The van der Waals surface area contributed by atoms with Gasteiger partial charge in [-0.25, -0.2) is 0 Å². The summed E-state index contributed by atoms with van der Waals surface area (Å²) in [4.78, 5) is 22.4. The van der Waals surface area contributed by atoms with Crippen LogP contribution in [0, 0.1) is 6.92 Å². The van der Waals surface area contributed by atoms with E-state index in [2.05, 4.69) is 21.2 Å². The van der Waals surface area contributed by atoms with E-state index >= 15 is 0 Å². The van der Waals surface area contributed by atoms with E-state index in [1.165, 1.54) is 0 Å². The maximum absolute atomic E-state index is 11.9. The van der Waals surface area contributed by atoms with E-state index in [9.17, 15) is 9.59 Å². The van der Waals surface area contributed by atoms with Gasteiger partial charge in [0.2, 0.25) is 0 Å². The zero-order chi connectivity index (χ0) is 13.7. The number of amides is 1. The topological polar surface area (TPSA) is 66.4 Å². The summed E-state index contributed by atoms with van der Waals surface area (Å²) in [6.07, 6.45) is 0.479. The highest BCUT2D eigenvalue weighted by atomic mass is 79.9. The maximum atomic E-state index is 11.9. The van der Waals surface area contributed by atoms with Crippen molar-refractivity contribution in [2.24, 2.45) is 0 Å². The number of aryl methyl sites for hydroxylation is 1. The van der Waals surface area contributed by atoms with Gasteiger partial charge < -0.3 is 10.4 Å². The molecule has 0 heterocycles. The van der Waals surface area contributed by atoms with Crippen molar-refractivity contribution < 1.29 is 14.7 Å². The van der Waals surface area contributed by atoms with Crippen LogP contribution in [0.15, 0.2) is 22.7 Å². The van der Waals surface area contributed by atoms with Gasteiger partial charge in [0.1, 0.15) is 0 Å². The first-order valence-corrected chi connectivity index (χ1v) is 6.47. The lowest BCUT2D eigenvalue weighted by Crippen LogP contribution is -2.33. The standard InChI is InChI=1S/C13H16BrNO3/c1-8-5-10(7-11(14)6-8)13(18)15-9(2)3-4-12(16)17/h5-7,9H,3-4H2,1-2H3,(H,15,18)(H,16,17). The Bertz CT molecular complexity index is 439. The van der Waals surface area contributed by atoms with Crippen molar-refractivity contribution in [2.75, 3.05) is 0 Å². The van der Waals surface area contributed by atoms with Gasteiger partial charge in [-0.05, 0) is 44.0 Å². The molecule has 1 amide bonds. The third kappa shape index (κ3) is 4.87. The molecule has 1 aromatic rings. The summed E-state index contributed by atoms with van der Waals surface area (Å²) in [5.74, 6) is -1.04. The quantitative estimate of drug-likeness (QED) is 0.878. The van der Waals surface area contributed by atoms with E-state index in [0.717, 1.165) is 10.0 Å². The summed E-state index contributed by atoms with van der Waals surface area (Å²) in [6, 6.07) is 5.30. The van der Waals surface area contributed by atoms with Crippen LogP contribution < -0.4 is 5.32 Å². The third-order valence-corrected chi connectivity index (χ3v) is 2.93. The minimum atomic E-state index is -0.852. The number of nitrogens with one attached hydrogen (secondary N) is 1. The van der Waals surface area contributed by atoms with E-state index in [1.54, 1.807) is 19.1 Å². The number of carbonyl (C=O) groups excluding carboxylic acids is 1. The molecule has 0 aliphatic rings. The number of rotatable bonds is 5. The Hall–Kier alpha value is -1.36. The highest BCUT2D eigenvalue weighted by Crippen LogP contribution is 2.15. The Balaban J connectivity index is 2.61. The predicted octanol–water partition coefficient (Wildman–Crippen LogP) is 2.74. The van der Waals surface area contributed by atoms with Gasteiger partial charge in [0, 0.05) is 22.5 Å². The summed E-state index contributed by atoms with van der Waals surface area (Å²) < 4.78 is 0.853. The molecule has 1 unspecified atom stereocenters. The van der Waals surface area contributed by atoms with Crippen LogP contribution in [0.3, 0.4) is 0 Å². The smallest absolute Gasteiger partial charge is 0.303 e. The monoisotopic (exact) mass is 313 g/mol. The summed E-state index contributed by atoms with van der Waals surface area (Å²) in [5, 5.41) is 11.4.